The van der Waals surface area contributed by atoms with Crippen LogP contribution in [0.4, 0.5) is 4.79 Å². The number of β-amino-alcohol motifs (C(OH)–C–C–N with tert-alkyl or cyclic N) is 1. The first-order chi connectivity index (χ1) is 7.48. The van der Waals surface area contributed by atoms with Gasteiger partial charge in [-0.05, 0) is 20.3 Å². The van der Waals surface area contributed by atoms with Crippen molar-refractivity contribution in [2.75, 3.05) is 26.3 Å². The standard InChI is InChI=1S/C11H19NO4/c1-8(2)16-10(13)12-4-9-3-11(14,6-12)7-15-5-9/h8-9,14H,3-7H2,1-2H3. The normalized spacial score (nSPS) is 34.0. The highest BCUT2D eigenvalue weighted by atomic mass is 16.6. The summed E-state index contributed by atoms with van der Waals surface area (Å²) < 4.78 is 10.5. The zero-order chi connectivity index (χ0) is 11.8. The summed E-state index contributed by atoms with van der Waals surface area (Å²) in [5, 5.41) is 10.2. The number of likely N-dealkylation sites (tertiary alicyclic amines) is 1. The molecule has 2 atom stereocenters. The predicted octanol–water partition coefficient (Wildman–Crippen LogP) is 0.615. The Labute approximate surface area is 95.3 Å². The van der Waals surface area contributed by atoms with E-state index >= 15 is 0 Å². The van der Waals surface area contributed by atoms with Crippen molar-refractivity contribution < 1.29 is 19.4 Å². The van der Waals surface area contributed by atoms with Gasteiger partial charge in [-0.1, -0.05) is 0 Å². The Balaban J connectivity index is 1.99. The minimum Gasteiger partial charge on any atom is -0.447 e. The van der Waals surface area contributed by atoms with Crippen LogP contribution in [0.25, 0.3) is 0 Å². The third-order valence-electron chi connectivity index (χ3n) is 2.95. The van der Waals surface area contributed by atoms with E-state index in [4.69, 9.17) is 9.47 Å². The summed E-state index contributed by atoms with van der Waals surface area (Å²) in [6.07, 6.45) is 0.263. The molecule has 0 spiro atoms. The Morgan fingerprint density at radius 1 is 1.62 bits per heavy atom. The van der Waals surface area contributed by atoms with E-state index in [9.17, 15) is 9.90 Å². The third-order valence-corrected chi connectivity index (χ3v) is 2.95. The molecule has 2 fully saturated rings. The van der Waals surface area contributed by atoms with Gasteiger partial charge in [-0.25, -0.2) is 4.79 Å². The van der Waals surface area contributed by atoms with Crippen molar-refractivity contribution in [1.29, 1.82) is 0 Å². The van der Waals surface area contributed by atoms with Crippen LogP contribution in [-0.4, -0.2) is 54.1 Å². The van der Waals surface area contributed by atoms with E-state index < -0.39 is 5.60 Å². The maximum absolute atomic E-state index is 11.7. The number of amides is 1. The van der Waals surface area contributed by atoms with Gasteiger partial charge < -0.3 is 19.5 Å². The summed E-state index contributed by atoms with van der Waals surface area (Å²) >= 11 is 0. The van der Waals surface area contributed by atoms with E-state index in [1.54, 1.807) is 4.90 Å². The maximum atomic E-state index is 11.7. The van der Waals surface area contributed by atoms with Crippen LogP contribution in [-0.2, 0) is 9.47 Å². The molecule has 0 aromatic heterocycles. The lowest BCUT2D eigenvalue weighted by Gasteiger charge is -2.45. The molecule has 2 aliphatic heterocycles. The van der Waals surface area contributed by atoms with Crippen molar-refractivity contribution in [1.82, 2.24) is 4.90 Å². The Morgan fingerprint density at radius 2 is 2.38 bits per heavy atom. The van der Waals surface area contributed by atoms with Crippen LogP contribution >= 0.6 is 0 Å². The Kier molecular flexibility index (Phi) is 3.08. The Hall–Kier alpha value is -0.810. The third kappa shape index (κ3) is 2.47. The van der Waals surface area contributed by atoms with Crippen molar-refractivity contribution >= 4 is 6.09 Å². The van der Waals surface area contributed by atoms with Crippen LogP contribution in [0.2, 0.25) is 0 Å². The van der Waals surface area contributed by atoms with Gasteiger partial charge in [0.15, 0.2) is 0 Å². The van der Waals surface area contributed by atoms with E-state index in [2.05, 4.69) is 0 Å². The molecule has 16 heavy (non-hydrogen) atoms. The van der Waals surface area contributed by atoms with Gasteiger partial charge in [0.2, 0.25) is 0 Å². The van der Waals surface area contributed by atoms with Gasteiger partial charge in [-0.15, -0.1) is 0 Å². The van der Waals surface area contributed by atoms with Gasteiger partial charge in [-0.2, -0.15) is 0 Å². The predicted molar refractivity (Wildman–Crippen MR) is 57.1 cm³/mol. The number of carbonyl (C=O) groups excluding carboxylic acids is 1. The number of nitrogens with zero attached hydrogens (tertiary/aromatic N) is 1. The molecule has 2 rings (SSSR count). The van der Waals surface area contributed by atoms with Crippen LogP contribution in [0.3, 0.4) is 0 Å². The van der Waals surface area contributed by atoms with Gasteiger partial charge in [0, 0.05) is 12.5 Å². The molecule has 2 unspecified atom stereocenters. The zero-order valence-corrected chi connectivity index (χ0v) is 9.81. The first-order valence-electron chi connectivity index (χ1n) is 5.74. The molecule has 1 amide bonds. The van der Waals surface area contributed by atoms with Crippen molar-refractivity contribution in [2.45, 2.75) is 32.0 Å². The van der Waals surface area contributed by atoms with Gasteiger partial charge >= 0.3 is 6.09 Å². The second-order valence-corrected chi connectivity index (χ2v) is 5.12. The van der Waals surface area contributed by atoms with E-state index in [0.29, 0.717) is 26.3 Å². The molecule has 2 aliphatic rings. The topological polar surface area (TPSA) is 59.0 Å². The van der Waals surface area contributed by atoms with E-state index in [0.717, 1.165) is 6.42 Å². The van der Waals surface area contributed by atoms with Crippen LogP contribution in [0.5, 0.6) is 0 Å². The van der Waals surface area contributed by atoms with Gasteiger partial charge in [0.1, 0.15) is 5.60 Å². The first-order valence-corrected chi connectivity index (χ1v) is 5.74. The van der Waals surface area contributed by atoms with Crippen molar-refractivity contribution in [2.24, 2.45) is 5.92 Å². The number of piperidine rings is 1. The number of aliphatic hydroxyl groups is 1. The van der Waals surface area contributed by atoms with Crippen molar-refractivity contribution in [3.05, 3.63) is 0 Å². The molecule has 0 aromatic carbocycles. The number of carbonyl (C=O) groups is 1. The zero-order valence-electron chi connectivity index (χ0n) is 9.81. The molecule has 0 saturated carbocycles. The SMILES string of the molecule is CC(C)OC(=O)N1CC2COCC(O)(C2)C1. The monoisotopic (exact) mass is 229 g/mol. The number of hydrogen-bond acceptors (Lipinski definition) is 4. The fourth-order valence-corrected chi connectivity index (χ4v) is 2.44. The van der Waals surface area contributed by atoms with Crippen LogP contribution in [0, 0.1) is 5.92 Å². The van der Waals surface area contributed by atoms with E-state index in [1.165, 1.54) is 0 Å². The fraction of sp³-hybridized carbons (Fsp3) is 0.909. The lowest BCUT2D eigenvalue weighted by molar-refractivity contribution is -0.147. The first kappa shape index (κ1) is 11.7. The second kappa shape index (κ2) is 4.22. The smallest absolute Gasteiger partial charge is 0.410 e. The molecule has 2 bridgehead atoms. The minimum atomic E-state index is -0.878. The average molecular weight is 229 g/mol. The summed E-state index contributed by atoms with van der Waals surface area (Å²) in [6, 6.07) is 0. The molecule has 1 N–H and O–H groups in total. The molecule has 5 nitrogen and oxygen atoms in total. The van der Waals surface area contributed by atoms with Crippen LogP contribution in [0.1, 0.15) is 20.3 Å². The van der Waals surface area contributed by atoms with Gasteiger partial charge in [0.25, 0.3) is 0 Å². The average Bonchev–Trinajstić information content (AvgIpc) is 2.14. The van der Waals surface area contributed by atoms with Crippen molar-refractivity contribution in [3.63, 3.8) is 0 Å². The largest absolute Gasteiger partial charge is 0.447 e. The molecule has 2 heterocycles. The molecule has 5 heteroatoms. The summed E-state index contributed by atoms with van der Waals surface area (Å²) in [7, 11) is 0. The summed E-state index contributed by atoms with van der Waals surface area (Å²) in [5.41, 5.74) is -0.878. The highest BCUT2D eigenvalue weighted by Crippen LogP contribution is 2.30. The molecule has 92 valence electrons. The van der Waals surface area contributed by atoms with Gasteiger partial charge in [0.05, 0.1) is 25.9 Å². The molecule has 0 radical (unpaired) electrons. The molecular formula is C11H19NO4. The maximum Gasteiger partial charge on any atom is 0.410 e. The summed E-state index contributed by atoms with van der Waals surface area (Å²) in [5.74, 6) is 0.229. The highest BCUT2D eigenvalue weighted by molar-refractivity contribution is 5.68. The lowest BCUT2D eigenvalue weighted by atomic mass is 9.84. The van der Waals surface area contributed by atoms with Crippen LogP contribution in [0.15, 0.2) is 0 Å². The van der Waals surface area contributed by atoms with E-state index in [-0.39, 0.29) is 18.1 Å². The number of hydrogen-bond donors (Lipinski definition) is 1. The van der Waals surface area contributed by atoms with E-state index in [1.807, 2.05) is 13.8 Å². The second-order valence-electron chi connectivity index (χ2n) is 5.12. The number of rotatable bonds is 1. The van der Waals surface area contributed by atoms with Crippen molar-refractivity contribution in [3.8, 4) is 0 Å². The molecule has 0 aromatic rings. The fourth-order valence-electron chi connectivity index (χ4n) is 2.44. The van der Waals surface area contributed by atoms with Crippen LogP contribution < -0.4 is 0 Å². The molecule has 0 aliphatic carbocycles. The van der Waals surface area contributed by atoms with Gasteiger partial charge in [-0.3, -0.25) is 0 Å². The molecule has 2 saturated heterocycles. The summed E-state index contributed by atoms with van der Waals surface area (Å²) in [4.78, 5) is 13.3. The highest BCUT2D eigenvalue weighted by Gasteiger charge is 2.43. The quantitative estimate of drug-likeness (QED) is 0.716. The lowest BCUT2D eigenvalue weighted by Crippen LogP contribution is -2.59. The Bertz CT molecular complexity index is 281. The number of fused-ring (bicyclic) bond motifs is 2. The Morgan fingerprint density at radius 3 is 3.00 bits per heavy atom. The summed E-state index contributed by atoms with van der Waals surface area (Å²) in [6.45, 7) is 5.51. The molecular weight excluding hydrogens is 210 g/mol. The number of ether oxygens (including phenoxy) is 2. The minimum absolute atomic E-state index is 0.125.